The third-order valence-electron chi connectivity index (χ3n) is 5.10. The topological polar surface area (TPSA) is 116 Å². The van der Waals surface area contributed by atoms with Gasteiger partial charge >= 0.3 is 12.0 Å². The molecule has 33 heavy (non-hydrogen) atoms. The quantitative estimate of drug-likeness (QED) is 0.458. The van der Waals surface area contributed by atoms with Crippen LogP contribution < -0.4 is 30.2 Å². The molecule has 2 N–H and O–H groups in total. The second-order valence-corrected chi connectivity index (χ2v) is 8.17. The van der Waals surface area contributed by atoms with E-state index < -0.39 is 12.2 Å². The summed E-state index contributed by atoms with van der Waals surface area (Å²) in [6, 6.07) is 7.93. The van der Waals surface area contributed by atoms with E-state index in [1.165, 1.54) is 0 Å². The lowest BCUT2D eigenvalue weighted by molar-refractivity contribution is -0.759. The number of aryl methyl sites for hydroxylation is 1. The van der Waals surface area contributed by atoms with Gasteiger partial charge in [0.2, 0.25) is 5.27 Å². The molecular formula is C22H30N6O5. The zero-order valence-corrected chi connectivity index (χ0v) is 19.1. The maximum Gasteiger partial charge on any atom is 0.414 e. The number of rotatable bonds is 9. The molecular weight excluding hydrogens is 428 g/mol. The molecule has 0 spiro atoms. The molecule has 178 valence electrons. The minimum Gasteiger partial charge on any atom is -0.661 e. The number of hydrogen-bond donors (Lipinski definition) is 2. The Bertz CT molecular complexity index is 1060. The third kappa shape index (κ3) is 6.14. The van der Waals surface area contributed by atoms with Crippen LogP contribution in [0.5, 0.6) is 5.75 Å². The van der Waals surface area contributed by atoms with Crippen molar-refractivity contribution in [2.45, 2.75) is 32.9 Å². The molecule has 0 bridgehead atoms. The molecule has 1 aliphatic heterocycles. The highest BCUT2D eigenvalue weighted by molar-refractivity contribution is 5.86. The number of carbonyl (C=O) groups excluding carboxylic acids is 1. The van der Waals surface area contributed by atoms with Crippen LogP contribution in [-0.2, 0) is 9.47 Å². The largest absolute Gasteiger partial charge is 0.661 e. The van der Waals surface area contributed by atoms with Crippen molar-refractivity contribution >= 4 is 22.9 Å². The van der Waals surface area contributed by atoms with Crippen LogP contribution in [0.2, 0.25) is 0 Å². The average Bonchev–Trinajstić information content (AvgIpc) is 3.42. The average molecular weight is 459 g/mol. The molecule has 0 aliphatic carbocycles. The summed E-state index contributed by atoms with van der Waals surface area (Å²) in [6.07, 6.45) is 0.417. The maximum atomic E-state index is 12.5. The molecule has 4 rings (SSSR count). The summed E-state index contributed by atoms with van der Waals surface area (Å²) in [5.41, 5.74) is 1.80. The summed E-state index contributed by atoms with van der Waals surface area (Å²) < 4.78 is 22.2. The van der Waals surface area contributed by atoms with Gasteiger partial charge in [-0.05, 0) is 6.07 Å². The van der Waals surface area contributed by atoms with E-state index in [2.05, 4.69) is 20.9 Å². The highest BCUT2D eigenvalue weighted by Gasteiger charge is 2.25. The van der Waals surface area contributed by atoms with E-state index in [9.17, 15) is 4.79 Å². The Balaban J connectivity index is 1.36. The zero-order valence-electron chi connectivity index (χ0n) is 19.1. The minimum atomic E-state index is -0.650. The van der Waals surface area contributed by atoms with E-state index in [4.69, 9.17) is 18.7 Å². The van der Waals surface area contributed by atoms with Crippen molar-refractivity contribution in [3.8, 4) is 5.75 Å². The molecule has 1 unspecified atom stereocenters. The minimum absolute atomic E-state index is 0.181. The van der Waals surface area contributed by atoms with Crippen molar-refractivity contribution in [2.75, 3.05) is 49.8 Å². The number of fused-ring (bicyclic) bond motifs is 1. The van der Waals surface area contributed by atoms with Gasteiger partial charge in [0, 0.05) is 18.0 Å². The van der Waals surface area contributed by atoms with Gasteiger partial charge in [0.15, 0.2) is 0 Å². The monoisotopic (exact) mass is 458 g/mol. The summed E-state index contributed by atoms with van der Waals surface area (Å²) in [5.74, 6) is 0.888. The Morgan fingerprint density at radius 2 is 2.15 bits per heavy atom. The first-order chi connectivity index (χ1) is 16.0. The predicted molar refractivity (Wildman–Crippen MR) is 120 cm³/mol. The van der Waals surface area contributed by atoms with Gasteiger partial charge in [-0.2, -0.15) is 5.69 Å². The Morgan fingerprint density at radius 3 is 2.94 bits per heavy atom. The molecule has 11 nitrogen and oxygen atoms in total. The lowest BCUT2D eigenvalue weighted by Gasteiger charge is -2.20. The summed E-state index contributed by atoms with van der Waals surface area (Å²) >= 11 is 0. The Hall–Kier alpha value is -3.31. The van der Waals surface area contributed by atoms with Crippen LogP contribution in [0.15, 0.2) is 35.0 Å². The lowest BCUT2D eigenvalue weighted by atomic mass is 10.2. The van der Waals surface area contributed by atoms with Crippen LogP contribution in [0.25, 0.3) is 10.9 Å². The van der Waals surface area contributed by atoms with Crippen LogP contribution in [0.4, 0.5) is 10.7 Å². The highest BCUT2D eigenvalue weighted by atomic mass is 16.6. The van der Waals surface area contributed by atoms with Crippen LogP contribution in [0, 0.1) is 6.92 Å². The fraction of sp³-hybridized carbons (Fsp3) is 0.500. The van der Waals surface area contributed by atoms with Crippen molar-refractivity contribution in [3.63, 3.8) is 0 Å². The van der Waals surface area contributed by atoms with Gasteiger partial charge in [0.05, 0.1) is 31.1 Å². The van der Waals surface area contributed by atoms with Gasteiger partial charge in [-0.3, -0.25) is 9.84 Å². The molecule has 0 radical (unpaired) electrons. The first-order valence-electron chi connectivity index (χ1n) is 11.1. The number of nitrogens with zero attached hydrogens (tertiary/aromatic N) is 4. The molecule has 1 atom stereocenters. The van der Waals surface area contributed by atoms with Gasteiger partial charge in [-0.1, -0.05) is 39.0 Å². The Morgan fingerprint density at radius 1 is 1.33 bits per heavy atom. The van der Waals surface area contributed by atoms with E-state index in [0.717, 1.165) is 16.6 Å². The predicted octanol–water partition coefficient (Wildman–Crippen LogP) is 1.34. The standard InChI is InChI=1S/C22H30N6O5/c1-15(2)23-12-17(14-31-20-6-4-5-19-18(20)11-16(3)24-19)32-22(29)25-21-13-28(26-33-21)27-7-9-30-10-8-27/h4-6,11,13,15,17,23H,7-10,12,14H2,1-3H3,(H,25,26,29). The van der Waals surface area contributed by atoms with Gasteiger partial charge in [-0.25, -0.2) is 4.79 Å². The van der Waals surface area contributed by atoms with Crippen molar-refractivity contribution in [1.29, 1.82) is 0 Å². The fourth-order valence-electron chi connectivity index (χ4n) is 3.48. The van der Waals surface area contributed by atoms with Crippen LogP contribution in [-0.4, -0.2) is 63.0 Å². The van der Waals surface area contributed by atoms with Crippen LogP contribution in [0.3, 0.4) is 0 Å². The second-order valence-electron chi connectivity index (χ2n) is 8.17. The van der Waals surface area contributed by atoms with E-state index in [-0.39, 0.29) is 18.5 Å². The molecule has 3 aromatic rings. The number of morpholine rings is 1. The number of anilines is 1. The normalized spacial score (nSPS) is 15.1. The number of carbonyl (C=O) groups is 1. The summed E-state index contributed by atoms with van der Waals surface area (Å²) in [5, 5.41) is 12.7. The van der Waals surface area contributed by atoms with E-state index in [1.807, 2.05) is 50.0 Å². The van der Waals surface area contributed by atoms with E-state index in [1.54, 1.807) is 11.0 Å². The molecule has 1 aromatic carbocycles. The second kappa shape index (κ2) is 10.5. The molecule has 1 aliphatic rings. The number of hydrogen-bond acceptors (Lipinski definition) is 8. The molecule has 1 saturated heterocycles. The molecule has 3 heterocycles. The summed E-state index contributed by atoms with van der Waals surface area (Å²) in [4.78, 5) is 18.5. The first-order valence-corrected chi connectivity index (χ1v) is 11.1. The van der Waals surface area contributed by atoms with Gasteiger partial charge in [0.25, 0.3) is 6.20 Å². The van der Waals surface area contributed by atoms with Crippen LogP contribution >= 0.6 is 0 Å². The molecule has 1 amide bonds. The van der Waals surface area contributed by atoms with Crippen LogP contribution in [0.1, 0.15) is 19.5 Å². The van der Waals surface area contributed by atoms with Crippen molar-refractivity contribution in [1.82, 2.24) is 15.6 Å². The Kier molecular flexibility index (Phi) is 7.30. The molecule has 2 aromatic heterocycles. The van der Waals surface area contributed by atoms with Crippen molar-refractivity contribution in [3.05, 3.63) is 36.2 Å². The number of amides is 1. The molecule has 11 heteroatoms. The number of ether oxygens (including phenoxy) is 3. The zero-order chi connectivity index (χ0) is 23.2. The van der Waals surface area contributed by atoms with Gasteiger partial charge in [-0.15, -0.1) is 10.5 Å². The van der Waals surface area contributed by atoms with Crippen molar-refractivity contribution < 1.29 is 28.3 Å². The Labute approximate surface area is 191 Å². The molecule has 1 fully saturated rings. The van der Waals surface area contributed by atoms with E-state index in [0.29, 0.717) is 38.6 Å². The van der Waals surface area contributed by atoms with E-state index >= 15 is 0 Å². The third-order valence-corrected chi connectivity index (χ3v) is 5.10. The number of aromatic nitrogens is 3. The smallest absolute Gasteiger partial charge is 0.414 e. The van der Waals surface area contributed by atoms with Crippen molar-refractivity contribution in [2.24, 2.45) is 0 Å². The van der Waals surface area contributed by atoms with Gasteiger partial charge < -0.3 is 24.5 Å². The highest BCUT2D eigenvalue weighted by Crippen LogP contribution is 2.25. The lowest BCUT2D eigenvalue weighted by Crippen LogP contribution is -2.62. The SMILES string of the molecule is Cc1cc2c(OCC(CNC(C)C)OC(=O)Nc3c[n+](N4CCOCC4)no3)cccc2[n-]1. The first kappa shape index (κ1) is 22.9. The molecule has 0 saturated carbocycles. The summed E-state index contributed by atoms with van der Waals surface area (Å²) in [7, 11) is 0. The van der Waals surface area contributed by atoms with Gasteiger partial charge in [0.1, 0.15) is 18.5 Å². The fourth-order valence-corrected chi connectivity index (χ4v) is 3.48. The number of nitrogens with one attached hydrogen (secondary N) is 2. The number of benzene rings is 1. The maximum absolute atomic E-state index is 12.5. The summed E-state index contributed by atoms with van der Waals surface area (Å²) in [6.45, 7) is 9.21.